The summed E-state index contributed by atoms with van der Waals surface area (Å²) in [6, 6.07) is 4.00. The number of hydrogen-bond donors (Lipinski definition) is 0. The van der Waals surface area contributed by atoms with Crippen LogP contribution in [0.1, 0.15) is 5.56 Å². The van der Waals surface area contributed by atoms with Crippen molar-refractivity contribution in [3.05, 3.63) is 30.1 Å². The highest BCUT2D eigenvalue weighted by atomic mass is 35.5. The molecule has 1 unspecified atom stereocenters. The molecule has 0 aliphatic carbocycles. The molecular formula is C11H17ClN2O. The third kappa shape index (κ3) is 5.11. The van der Waals surface area contributed by atoms with E-state index in [0.29, 0.717) is 6.61 Å². The number of halogens is 1. The van der Waals surface area contributed by atoms with Crippen LogP contribution in [0.5, 0.6) is 0 Å². The van der Waals surface area contributed by atoms with E-state index < -0.39 is 0 Å². The van der Waals surface area contributed by atoms with E-state index in [2.05, 4.69) is 16.0 Å². The smallest absolute Gasteiger partial charge is 0.0696 e. The molecule has 0 aliphatic rings. The van der Waals surface area contributed by atoms with Crippen molar-refractivity contribution in [1.29, 1.82) is 0 Å². The molecule has 0 saturated heterocycles. The second-order valence-electron chi connectivity index (χ2n) is 3.61. The lowest BCUT2D eigenvalue weighted by molar-refractivity contribution is 0.181. The lowest BCUT2D eigenvalue weighted by Gasteiger charge is -2.19. The van der Waals surface area contributed by atoms with Crippen LogP contribution < -0.4 is 0 Å². The topological polar surface area (TPSA) is 25.4 Å². The van der Waals surface area contributed by atoms with Crippen molar-refractivity contribution in [2.24, 2.45) is 0 Å². The molecule has 4 heteroatoms. The van der Waals surface area contributed by atoms with Gasteiger partial charge in [-0.25, -0.2) is 0 Å². The van der Waals surface area contributed by atoms with Gasteiger partial charge in [-0.3, -0.25) is 4.98 Å². The lowest BCUT2D eigenvalue weighted by atomic mass is 10.2. The summed E-state index contributed by atoms with van der Waals surface area (Å²) >= 11 is 6.06. The highest BCUT2D eigenvalue weighted by Crippen LogP contribution is 2.04. The predicted molar refractivity (Wildman–Crippen MR) is 62.1 cm³/mol. The minimum Gasteiger partial charge on any atom is -0.383 e. The van der Waals surface area contributed by atoms with Crippen molar-refractivity contribution in [1.82, 2.24) is 9.88 Å². The van der Waals surface area contributed by atoms with Gasteiger partial charge in [-0.15, -0.1) is 11.6 Å². The second kappa shape index (κ2) is 6.77. The molecule has 0 saturated carbocycles. The molecule has 1 atom stereocenters. The fraction of sp³-hybridized carbons (Fsp3) is 0.545. The Hall–Kier alpha value is -0.640. The molecule has 0 N–H and O–H groups in total. The van der Waals surface area contributed by atoms with E-state index in [0.717, 1.165) is 13.1 Å². The Morgan fingerprint density at radius 1 is 1.60 bits per heavy atom. The average molecular weight is 229 g/mol. The molecular weight excluding hydrogens is 212 g/mol. The summed E-state index contributed by atoms with van der Waals surface area (Å²) in [5.74, 6) is 0. The Morgan fingerprint density at radius 2 is 2.40 bits per heavy atom. The largest absolute Gasteiger partial charge is 0.383 e. The fourth-order valence-electron chi connectivity index (χ4n) is 1.44. The monoisotopic (exact) mass is 228 g/mol. The van der Waals surface area contributed by atoms with Crippen LogP contribution in [0.15, 0.2) is 24.5 Å². The maximum Gasteiger partial charge on any atom is 0.0696 e. The first kappa shape index (κ1) is 12.4. The van der Waals surface area contributed by atoms with Gasteiger partial charge < -0.3 is 9.64 Å². The van der Waals surface area contributed by atoms with Gasteiger partial charge in [0.1, 0.15) is 0 Å². The van der Waals surface area contributed by atoms with E-state index in [4.69, 9.17) is 16.3 Å². The summed E-state index contributed by atoms with van der Waals surface area (Å²) in [7, 11) is 3.70. The van der Waals surface area contributed by atoms with Gasteiger partial charge in [-0.05, 0) is 18.7 Å². The molecule has 1 rings (SSSR count). The number of methoxy groups -OCH3 is 1. The summed E-state index contributed by atoms with van der Waals surface area (Å²) in [6.07, 6.45) is 3.65. The van der Waals surface area contributed by atoms with Gasteiger partial charge in [-0.2, -0.15) is 0 Å². The summed E-state index contributed by atoms with van der Waals surface area (Å²) in [6.45, 7) is 2.25. The van der Waals surface area contributed by atoms with Crippen LogP contribution in [0.3, 0.4) is 0 Å². The first-order chi connectivity index (χ1) is 7.22. The Labute approximate surface area is 96.0 Å². The molecule has 0 aromatic carbocycles. The number of rotatable bonds is 6. The predicted octanol–water partition coefficient (Wildman–Crippen LogP) is 1.77. The van der Waals surface area contributed by atoms with Crippen LogP contribution in [0, 0.1) is 0 Å². The van der Waals surface area contributed by atoms with Crippen molar-refractivity contribution in [2.75, 3.05) is 27.3 Å². The standard InChI is InChI=1S/C11H17ClN2O/c1-14(8-11(12)9-15-2)7-10-4-3-5-13-6-10/h3-6,11H,7-9H2,1-2H3. The third-order valence-corrected chi connectivity index (χ3v) is 2.30. The number of alkyl halides is 1. The van der Waals surface area contributed by atoms with Gasteiger partial charge in [0.15, 0.2) is 0 Å². The molecule has 0 amide bonds. The van der Waals surface area contributed by atoms with E-state index in [9.17, 15) is 0 Å². The first-order valence-electron chi connectivity index (χ1n) is 4.93. The SMILES string of the molecule is COCC(Cl)CN(C)Cc1cccnc1. The molecule has 1 aromatic rings. The quantitative estimate of drug-likeness (QED) is 0.694. The molecule has 0 bridgehead atoms. The minimum atomic E-state index is 0.0386. The lowest BCUT2D eigenvalue weighted by Crippen LogP contribution is -2.28. The molecule has 0 aliphatic heterocycles. The molecule has 84 valence electrons. The summed E-state index contributed by atoms with van der Waals surface area (Å²) in [5.41, 5.74) is 1.20. The zero-order valence-corrected chi connectivity index (χ0v) is 9.94. The number of pyridine rings is 1. The molecule has 1 aromatic heterocycles. The van der Waals surface area contributed by atoms with Crippen molar-refractivity contribution >= 4 is 11.6 Å². The highest BCUT2D eigenvalue weighted by molar-refractivity contribution is 6.20. The molecule has 3 nitrogen and oxygen atoms in total. The molecule has 1 heterocycles. The summed E-state index contributed by atoms with van der Waals surface area (Å²) < 4.78 is 4.98. The second-order valence-corrected chi connectivity index (χ2v) is 4.23. The summed E-state index contributed by atoms with van der Waals surface area (Å²) in [5, 5.41) is 0.0386. The Balaban J connectivity index is 2.33. The van der Waals surface area contributed by atoms with Crippen molar-refractivity contribution in [2.45, 2.75) is 11.9 Å². The van der Waals surface area contributed by atoms with Gasteiger partial charge in [0.2, 0.25) is 0 Å². The van der Waals surface area contributed by atoms with Gasteiger partial charge >= 0.3 is 0 Å². The molecule has 0 fully saturated rings. The Bertz CT molecular complexity index is 269. The van der Waals surface area contributed by atoms with E-state index in [1.165, 1.54) is 5.56 Å². The minimum absolute atomic E-state index is 0.0386. The molecule has 0 spiro atoms. The molecule has 15 heavy (non-hydrogen) atoms. The van der Waals surface area contributed by atoms with E-state index >= 15 is 0 Å². The maximum absolute atomic E-state index is 6.06. The molecule has 0 radical (unpaired) electrons. The van der Waals surface area contributed by atoms with Crippen LogP contribution in [-0.2, 0) is 11.3 Å². The summed E-state index contributed by atoms with van der Waals surface area (Å²) in [4.78, 5) is 6.23. The first-order valence-corrected chi connectivity index (χ1v) is 5.36. The zero-order chi connectivity index (χ0) is 11.1. The zero-order valence-electron chi connectivity index (χ0n) is 9.19. The number of nitrogens with zero attached hydrogens (tertiary/aromatic N) is 2. The van der Waals surface area contributed by atoms with Crippen molar-refractivity contribution in [3.8, 4) is 0 Å². The number of aromatic nitrogens is 1. The Morgan fingerprint density at radius 3 is 3.00 bits per heavy atom. The van der Waals surface area contributed by atoms with Crippen molar-refractivity contribution in [3.63, 3.8) is 0 Å². The van der Waals surface area contributed by atoms with Gasteiger partial charge in [0.05, 0.1) is 12.0 Å². The van der Waals surface area contributed by atoms with Crippen molar-refractivity contribution < 1.29 is 4.74 Å². The van der Waals surface area contributed by atoms with Gasteiger partial charge in [0, 0.05) is 32.6 Å². The van der Waals surface area contributed by atoms with Crippen LogP contribution in [0.4, 0.5) is 0 Å². The average Bonchev–Trinajstić information content (AvgIpc) is 2.19. The normalized spacial score (nSPS) is 13.1. The van der Waals surface area contributed by atoms with Crippen LogP contribution >= 0.6 is 11.6 Å². The number of hydrogen-bond acceptors (Lipinski definition) is 3. The van der Waals surface area contributed by atoms with Crippen LogP contribution in [0.2, 0.25) is 0 Å². The van der Waals surface area contributed by atoms with E-state index in [1.54, 1.807) is 13.3 Å². The van der Waals surface area contributed by atoms with Gasteiger partial charge in [0.25, 0.3) is 0 Å². The number of ether oxygens (including phenoxy) is 1. The van der Waals surface area contributed by atoms with Crippen LogP contribution in [-0.4, -0.2) is 42.6 Å². The highest BCUT2D eigenvalue weighted by Gasteiger charge is 2.08. The van der Waals surface area contributed by atoms with E-state index in [1.807, 2.05) is 19.3 Å². The van der Waals surface area contributed by atoms with Crippen LogP contribution in [0.25, 0.3) is 0 Å². The van der Waals surface area contributed by atoms with E-state index in [-0.39, 0.29) is 5.38 Å². The Kier molecular flexibility index (Phi) is 5.61. The fourth-order valence-corrected chi connectivity index (χ4v) is 1.80. The third-order valence-electron chi connectivity index (χ3n) is 2.03. The van der Waals surface area contributed by atoms with Gasteiger partial charge in [-0.1, -0.05) is 6.07 Å². The maximum atomic E-state index is 6.06.